The van der Waals surface area contributed by atoms with Gasteiger partial charge in [-0.25, -0.2) is 13.0 Å². The number of hydrogen-bond donors (Lipinski definition) is 1. The number of nitrogens with one attached hydrogen (secondary N) is 1. The fourth-order valence-corrected chi connectivity index (χ4v) is 5.58. The molecule has 1 amide bonds. The van der Waals surface area contributed by atoms with Gasteiger partial charge in [0.1, 0.15) is 10.4 Å². The summed E-state index contributed by atoms with van der Waals surface area (Å²) in [6, 6.07) is 15.0. The van der Waals surface area contributed by atoms with Gasteiger partial charge in [-0.3, -0.25) is 4.79 Å². The average molecular weight is 458 g/mol. The van der Waals surface area contributed by atoms with Crippen LogP contribution in [0.2, 0.25) is 0 Å². The highest BCUT2D eigenvalue weighted by Crippen LogP contribution is 2.27. The summed E-state index contributed by atoms with van der Waals surface area (Å²) in [5.41, 5.74) is 1.86. The Labute approximate surface area is 187 Å². The minimum Gasteiger partial charge on any atom is -0.355 e. The van der Waals surface area contributed by atoms with E-state index < -0.39 is 10.0 Å². The molecule has 4 rings (SSSR count). The lowest BCUT2D eigenvalue weighted by Gasteiger charge is -2.30. The Balaban J connectivity index is 1.26. The maximum absolute atomic E-state index is 13.1. The molecule has 0 spiro atoms. The predicted octanol–water partition coefficient (Wildman–Crippen LogP) is 1.87. The van der Waals surface area contributed by atoms with Crippen LogP contribution >= 0.6 is 0 Å². The lowest BCUT2D eigenvalue weighted by Crippen LogP contribution is -2.44. The molecule has 0 radical (unpaired) electrons. The molecule has 1 N–H and O–H groups in total. The molecule has 0 atom stereocenters. The monoisotopic (exact) mass is 457 g/mol. The lowest BCUT2D eigenvalue weighted by atomic mass is 9.97. The molecule has 9 nitrogen and oxygen atoms in total. The van der Waals surface area contributed by atoms with Gasteiger partial charge in [-0.2, -0.15) is 4.31 Å². The summed E-state index contributed by atoms with van der Waals surface area (Å²) in [7, 11) is -1.71. The highest BCUT2D eigenvalue weighted by Gasteiger charge is 2.33. The van der Waals surface area contributed by atoms with Crippen LogP contribution < -0.4 is 5.32 Å². The van der Waals surface area contributed by atoms with Gasteiger partial charge in [0.2, 0.25) is 15.9 Å². The fourth-order valence-electron chi connectivity index (χ4n) is 3.98. The molecule has 2 heterocycles. The number of rotatable bonds is 8. The largest absolute Gasteiger partial charge is 0.355 e. The van der Waals surface area contributed by atoms with Crippen LogP contribution in [0.15, 0.2) is 58.1 Å². The van der Waals surface area contributed by atoms with E-state index in [1.54, 1.807) is 12.1 Å². The van der Waals surface area contributed by atoms with Gasteiger partial charge in [0.25, 0.3) is 0 Å². The number of aromatic nitrogens is 2. The standard InChI is InChI=1S/C22H27N5O4S/c1-26(16-17-6-3-2-4-7-17)15-12-23-22(28)18-10-13-27(14-11-18)32(29,30)20-9-5-8-19-21(20)25-31-24-19/h2-9,18H,10-16H2,1H3,(H,23,28). The third kappa shape index (κ3) is 4.98. The minimum absolute atomic E-state index is 0.0158. The summed E-state index contributed by atoms with van der Waals surface area (Å²) >= 11 is 0. The zero-order valence-corrected chi connectivity index (χ0v) is 18.8. The Kier molecular flexibility index (Phi) is 6.83. The first-order valence-electron chi connectivity index (χ1n) is 10.7. The molecule has 2 aromatic carbocycles. The Morgan fingerprint density at radius 1 is 1.12 bits per heavy atom. The van der Waals surface area contributed by atoms with Gasteiger partial charge in [-0.05, 0) is 47.9 Å². The van der Waals surface area contributed by atoms with Crippen molar-refractivity contribution < 1.29 is 17.8 Å². The second-order valence-corrected chi connectivity index (χ2v) is 9.99. The third-order valence-corrected chi connectivity index (χ3v) is 7.71. The first kappa shape index (κ1) is 22.4. The summed E-state index contributed by atoms with van der Waals surface area (Å²) in [4.78, 5) is 14.8. The molecule has 170 valence electrons. The number of piperidine rings is 1. The van der Waals surface area contributed by atoms with Gasteiger partial charge in [-0.1, -0.05) is 36.4 Å². The molecular weight excluding hydrogens is 430 g/mol. The summed E-state index contributed by atoms with van der Waals surface area (Å²) in [5.74, 6) is -0.205. The second-order valence-electron chi connectivity index (χ2n) is 8.08. The SMILES string of the molecule is CN(CCNC(=O)C1CCN(S(=O)(=O)c2cccc3nonc23)CC1)Cc1ccccc1. The highest BCUT2D eigenvalue weighted by atomic mass is 32.2. The average Bonchev–Trinajstić information content (AvgIpc) is 3.28. The van der Waals surface area contributed by atoms with Crippen molar-refractivity contribution in [1.29, 1.82) is 0 Å². The third-order valence-electron chi connectivity index (χ3n) is 5.78. The quantitative estimate of drug-likeness (QED) is 0.550. The van der Waals surface area contributed by atoms with E-state index in [1.165, 1.54) is 15.9 Å². The number of carbonyl (C=O) groups excluding carboxylic acids is 1. The number of sulfonamides is 1. The van der Waals surface area contributed by atoms with Crippen LogP contribution in [0, 0.1) is 5.92 Å². The molecular formula is C22H27N5O4S. The van der Waals surface area contributed by atoms with E-state index in [2.05, 4.69) is 37.3 Å². The predicted molar refractivity (Wildman–Crippen MR) is 119 cm³/mol. The molecule has 0 unspecified atom stereocenters. The molecule has 1 aliphatic rings. The molecule has 0 saturated carbocycles. The van der Waals surface area contributed by atoms with Crippen LogP contribution in [-0.2, 0) is 21.4 Å². The Hall–Kier alpha value is -2.82. The fraction of sp³-hybridized carbons (Fsp3) is 0.409. The molecule has 32 heavy (non-hydrogen) atoms. The minimum atomic E-state index is -3.73. The van der Waals surface area contributed by atoms with E-state index >= 15 is 0 Å². The maximum atomic E-state index is 13.1. The molecule has 0 aliphatic carbocycles. The number of carbonyl (C=O) groups is 1. The zero-order chi connectivity index (χ0) is 22.6. The van der Waals surface area contributed by atoms with Crippen molar-refractivity contribution in [2.24, 2.45) is 5.92 Å². The Morgan fingerprint density at radius 2 is 1.88 bits per heavy atom. The van der Waals surface area contributed by atoms with Gasteiger partial charge in [0, 0.05) is 38.6 Å². The number of benzene rings is 2. The highest BCUT2D eigenvalue weighted by molar-refractivity contribution is 7.89. The van der Waals surface area contributed by atoms with E-state index in [4.69, 9.17) is 0 Å². The number of nitrogens with zero attached hydrogens (tertiary/aromatic N) is 4. The molecule has 1 fully saturated rings. The molecule has 1 saturated heterocycles. The number of amides is 1. The normalized spacial score (nSPS) is 15.9. The van der Waals surface area contributed by atoms with E-state index in [-0.39, 0.29) is 35.3 Å². The second kappa shape index (κ2) is 9.76. The molecule has 10 heteroatoms. The van der Waals surface area contributed by atoms with Crippen LogP contribution in [-0.4, -0.2) is 67.1 Å². The van der Waals surface area contributed by atoms with Crippen LogP contribution in [0.3, 0.4) is 0 Å². The Morgan fingerprint density at radius 3 is 2.62 bits per heavy atom. The van der Waals surface area contributed by atoms with Crippen molar-refractivity contribution in [3.8, 4) is 0 Å². The van der Waals surface area contributed by atoms with Gasteiger partial charge in [-0.15, -0.1) is 0 Å². The maximum Gasteiger partial charge on any atom is 0.245 e. The van der Waals surface area contributed by atoms with Gasteiger partial charge < -0.3 is 10.2 Å². The number of hydrogen-bond acceptors (Lipinski definition) is 7. The van der Waals surface area contributed by atoms with E-state index in [1.807, 2.05) is 25.2 Å². The summed E-state index contributed by atoms with van der Waals surface area (Å²) in [5, 5.41) is 10.4. The summed E-state index contributed by atoms with van der Waals surface area (Å²) < 4.78 is 32.3. The van der Waals surface area contributed by atoms with Crippen LogP contribution in [0.1, 0.15) is 18.4 Å². The molecule has 3 aromatic rings. The van der Waals surface area contributed by atoms with E-state index in [9.17, 15) is 13.2 Å². The van der Waals surface area contributed by atoms with Crippen molar-refractivity contribution >= 4 is 27.0 Å². The zero-order valence-electron chi connectivity index (χ0n) is 18.0. The van der Waals surface area contributed by atoms with E-state index in [0.29, 0.717) is 24.9 Å². The summed E-state index contributed by atoms with van der Waals surface area (Å²) in [6.07, 6.45) is 0.968. The van der Waals surface area contributed by atoms with Crippen molar-refractivity contribution in [1.82, 2.24) is 24.8 Å². The number of fused-ring (bicyclic) bond motifs is 1. The van der Waals surface area contributed by atoms with Crippen molar-refractivity contribution in [2.45, 2.75) is 24.3 Å². The first-order valence-corrected chi connectivity index (χ1v) is 12.1. The number of likely N-dealkylation sites (N-methyl/N-ethyl adjacent to an activating group) is 1. The topological polar surface area (TPSA) is 109 Å². The first-order chi connectivity index (χ1) is 15.4. The van der Waals surface area contributed by atoms with Gasteiger partial charge in [0.05, 0.1) is 0 Å². The Bertz CT molecular complexity index is 1160. The smallest absolute Gasteiger partial charge is 0.245 e. The van der Waals surface area contributed by atoms with Crippen molar-refractivity contribution in [3.63, 3.8) is 0 Å². The van der Waals surface area contributed by atoms with Gasteiger partial charge >= 0.3 is 0 Å². The molecule has 1 aliphatic heterocycles. The molecule has 1 aromatic heterocycles. The lowest BCUT2D eigenvalue weighted by molar-refractivity contribution is -0.126. The van der Waals surface area contributed by atoms with Crippen molar-refractivity contribution in [3.05, 3.63) is 54.1 Å². The van der Waals surface area contributed by atoms with Crippen molar-refractivity contribution in [2.75, 3.05) is 33.2 Å². The molecule has 0 bridgehead atoms. The van der Waals surface area contributed by atoms with Gasteiger partial charge in [0.15, 0.2) is 5.52 Å². The van der Waals surface area contributed by atoms with Crippen LogP contribution in [0.5, 0.6) is 0 Å². The van der Waals surface area contributed by atoms with E-state index in [0.717, 1.165) is 13.1 Å². The van der Waals surface area contributed by atoms with Crippen LogP contribution in [0.25, 0.3) is 11.0 Å². The summed E-state index contributed by atoms with van der Waals surface area (Å²) in [6.45, 7) is 2.69. The van der Waals surface area contributed by atoms with Crippen LogP contribution in [0.4, 0.5) is 0 Å².